The van der Waals surface area contributed by atoms with Crippen LogP contribution in [0.2, 0.25) is 0 Å². The van der Waals surface area contributed by atoms with Crippen molar-refractivity contribution in [2.45, 2.75) is 302 Å². The molecule has 0 fully saturated rings. The molecule has 0 aromatic heterocycles. The second-order valence-electron chi connectivity index (χ2n) is 22.0. The zero-order valence-corrected chi connectivity index (χ0v) is 48.1. The fourth-order valence-electron chi connectivity index (χ4n) is 8.86. The van der Waals surface area contributed by atoms with E-state index in [1.165, 1.54) is 199 Å². The van der Waals surface area contributed by atoms with Gasteiger partial charge in [0.1, 0.15) is 13.2 Å². The third kappa shape index (κ3) is 55.3. The molecule has 0 N–H and O–H groups in total. The number of esters is 2. The first-order valence-electron chi connectivity index (χ1n) is 30.6. The molecule has 0 rings (SSSR count). The van der Waals surface area contributed by atoms with Gasteiger partial charge in [-0.15, -0.1) is 0 Å². The fraction of sp³-hybridized carbons (Fsp3) is 0.857. The lowest BCUT2D eigenvalue weighted by Gasteiger charge is -2.26. The van der Waals surface area contributed by atoms with Crippen molar-refractivity contribution >= 4 is 17.9 Å². The monoisotopic (exact) mass is 1020 g/mol. The Morgan fingerprint density at radius 3 is 1.11 bits per heavy atom. The van der Waals surface area contributed by atoms with Gasteiger partial charge < -0.3 is 33.3 Å². The summed E-state index contributed by atoms with van der Waals surface area (Å²) >= 11 is 0. The molecule has 72 heavy (non-hydrogen) atoms. The van der Waals surface area contributed by atoms with E-state index in [4.69, 9.17) is 18.9 Å². The van der Waals surface area contributed by atoms with Gasteiger partial charge in [-0.25, -0.2) is 0 Å². The van der Waals surface area contributed by atoms with Gasteiger partial charge in [0.2, 0.25) is 0 Å². The first kappa shape index (κ1) is 69.5. The van der Waals surface area contributed by atoms with E-state index >= 15 is 0 Å². The van der Waals surface area contributed by atoms with E-state index < -0.39 is 24.3 Å². The van der Waals surface area contributed by atoms with E-state index in [1.807, 2.05) is 21.1 Å². The molecular formula is C63H117NO8. The smallest absolute Gasteiger partial charge is 0.306 e. The molecule has 0 saturated heterocycles. The van der Waals surface area contributed by atoms with E-state index in [9.17, 15) is 19.5 Å². The number of carboxylic acids is 1. The molecule has 9 nitrogen and oxygen atoms in total. The van der Waals surface area contributed by atoms with Crippen molar-refractivity contribution in [3.8, 4) is 0 Å². The first-order chi connectivity index (χ1) is 35.1. The van der Waals surface area contributed by atoms with E-state index in [0.717, 1.165) is 57.8 Å². The summed E-state index contributed by atoms with van der Waals surface area (Å²) in [5.41, 5.74) is 0. The van der Waals surface area contributed by atoms with Crippen LogP contribution in [-0.4, -0.2) is 82.3 Å². The molecular weight excluding hydrogens is 899 g/mol. The Labute approximate surface area is 445 Å². The number of carbonyl (C=O) groups excluding carboxylic acids is 3. The van der Waals surface area contributed by atoms with Crippen molar-refractivity contribution in [3.05, 3.63) is 36.5 Å². The van der Waals surface area contributed by atoms with E-state index in [2.05, 4.69) is 50.3 Å². The highest BCUT2D eigenvalue weighted by Crippen LogP contribution is 2.17. The Hall–Kier alpha value is -2.49. The average Bonchev–Trinajstić information content (AvgIpc) is 3.35. The molecule has 0 aliphatic heterocycles. The van der Waals surface area contributed by atoms with Crippen LogP contribution >= 0.6 is 0 Å². The number of quaternary nitrogens is 1. The minimum atomic E-state index is -1.62. The summed E-state index contributed by atoms with van der Waals surface area (Å²) in [6.45, 7) is 4.75. The number of likely N-dealkylation sites (N-methyl/N-ethyl adjacent to an activating group) is 1. The number of nitrogens with zero attached hydrogens (tertiary/aromatic N) is 1. The standard InChI is InChI=1S/C63H117NO8/c1-6-8-10-12-14-16-18-20-22-23-24-25-26-27-28-29-30-31-32-33-34-35-36-37-38-39-40-42-44-46-48-50-52-54-61(66)72-59(58-71-63(62(67)68)69-56-55-64(3,4)5)57-70-60(65)53-51-49-47-45-43-41-21-19-17-15-13-11-9-7-2/h18-21,23-24,59,63H,6-17,22,25-58H2,1-5H3/b20-18-,21-19-,24-23-. The fourth-order valence-corrected chi connectivity index (χ4v) is 8.86. The third-order valence-electron chi connectivity index (χ3n) is 13.6. The molecule has 0 spiro atoms. The third-order valence-corrected chi connectivity index (χ3v) is 13.6. The summed E-state index contributed by atoms with van der Waals surface area (Å²) in [5.74, 6) is -2.28. The van der Waals surface area contributed by atoms with E-state index in [1.54, 1.807) is 0 Å². The van der Waals surface area contributed by atoms with Gasteiger partial charge in [0.25, 0.3) is 0 Å². The molecule has 0 heterocycles. The summed E-state index contributed by atoms with van der Waals surface area (Å²) < 4.78 is 22.7. The van der Waals surface area contributed by atoms with Crippen LogP contribution in [0.25, 0.3) is 0 Å². The summed E-state index contributed by atoms with van der Waals surface area (Å²) in [6.07, 6.45) is 63.6. The highest BCUT2D eigenvalue weighted by atomic mass is 16.7. The van der Waals surface area contributed by atoms with Crippen molar-refractivity contribution in [2.75, 3.05) is 47.5 Å². The molecule has 0 saturated carbocycles. The quantitative estimate of drug-likeness (QED) is 0.0195. The van der Waals surface area contributed by atoms with Gasteiger partial charge in [0, 0.05) is 12.8 Å². The van der Waals surface area contributed by atoms with Crippen molar-refractivity contribution in [1.82, 2.24) is 0 Å². The van der Waals surface area contributed by atoms with Crippen LogP contribution in [0.1, 0.15) is 290 Å². The molecule has 9 heteroatoms. The highest BCUT2D eigenvalue weighted by molar-refractivity contribution is 5.70. The van der Waals surface area contributed by atoms with Crippen LogP contribution in [0.5, 0.6) is 0 Å². The van der Waals surface area contributed by atoms with Crippen LogP contribution in [0, 0.1) is 0 Å². The average molecular weight is 1020 g/mol. The van der Waals surface area contributed by atoms with Crippen LogP contribution in [-0.2, 0) is 33.3 Å². The molecule has 0 aliphatic carbocycles. The Bertz CT molecular complexity index is 1270. The van der Waals surface area contributed by atoms with Crippen molar-refractivity contribution in [2.24, 2.45) is 0 Å². The van der Waals surface area contributed by atoms with Crippen molar-refractivity contribution < 1.29 is 42.9 Å². The maximum Gasteiger partial charge on any atom is 0.306 e. The molecule has 0 aliphatic rings. The lowest BCUT2D eigenvalue weighted by molar-refractivity contribution is -0.870. The zero-order valence-electron chi connectivity index (χ0n) is 48.1. The lowest BCUT2D eigenvalue weighted by Crippen LogP contribution is -2.44. The Balaban J connectivity index is 4.05. The summed E-state index contributed by atoms with van der Waals surface area (Å²) in [7, 11) is 5.93. The Morgan fingerprint density at radius 2 is 0.750 bits per heavy atom. The Morgan fingerprint density at radius 1 is 0.417 bits per heavy atom. The largest absolute Gasteiger partial charge is 0.545 e. The molecule has 0 amide bonds. The van der Waals surface area contributed by atoms with Crippen LogP contribution in [0.4, 0.5) is 0 Å². The lowest BCUT2D eigenvalue weighted by atomic mass is 10.0. The van der Waals surface area contributed by atoms with Crippen LogP contribution in [0.15, 0.2) is 36.5 Å². The highest BCUT2D eigenvalue weighted by Gasteiger charge is 2.22. The van der Waals surface area contributed by atoms with Gasteiger partial charge in [-0.1, -0.05) is 243 Å². The summed E-state index contributed by atoms with van der Waals surface area (Å²) in [4.78, 5) is 37.2. The predicted octanol–water partition coefficient (Wildman–Crippen LogP) is 16.7. The summed E-state index contributed by atoms with van der Waals surface area (Å²) in [6, 6.07) is 0. The van der Waals surface area contributed by atoms with Gasteiger partial charge in [-0.05, 0) is 70.6 Å². The number of hydrogen-bond donors (Lipinski definition) is 0. The normalized spacial score (nSPS) is 13.0. The molecule has 2 unspecified atom stereocenters. The van der Waals surface area contributed by atoms with Crippen LogP contribution < -0.4 is 5.11 Å². The minimum Gasteiger partial charge on any atom is -0.545 e. The predicted molar refractivity (Wildman–Crippen MR) is 302 cm³/mol. The van der Waals surface area contributed by atoms with Crippen LogP contribution in [0.3, 0.4) is 0 Å². The SMILES string of the molecule is CCCCCCC/C=C\C/C=C\CCCCCCCCCCCCCCCCCCCCCCCC(=O)OC(COC(=O)CCCCCCC/C=C\CCCCCCC)COC(OCC[N+](C)(C)C)C(=O)[O-]. The number of carboxylic acid groups (broad SMARTS) is 1. The molecule has 2 atom stereocenters. The number of aliphatic carboxylic acids is 1. The number of ether oxygens (including phenoxy) is 4. The second kappa shape index (κ2) is 54.8. The molecule has 422 valence electrons. The van der Waals surface area contributed by atoms with Gasteiger partial charge in [-0.3, -0.25) is 9.59 Å². The van der Waals surface area contributed by atoms with Gasteiger partial charge >= 0.3 is 11.9 Å². The molecule has 0 aromatic rings. The maximum atomic E-state index is 12.9. The number of hydrogen-bond acceptors (Lipinski definition) is 8. The first-order valence-corrected chi connectivity index (χ1v) is 30.6. The summed E-state index contributed by atoms with van der Waals surface area (Å²) in [5, 5.41) is 11.8. The van der Waals surface area contributed by atoms with Crippen molar-refractivity contribution in [3.63, 3.8) is 0 Å². The molecule has 0 bridgehead atoms. The topological polar surface area (TPSA) is 111 Å². The second-order valence-corrected chi connectivity index (χ2v) is 22.0. The number of rotatable bonds is 57. The molecule has 0 aromatic carbocycles. The number of allylic oxidation sites excluding steroid dienone is 6. The van der Waals surface area contributed by atoms with Gasteiger partial charge in [0.05, 0.1) is 40.3 Å². The van der Waals surface area contributed by atoms with Gasteiger partial charge in [-0.2, -0.15) is 0 Å². The zero-order chi connectivity index (χ0) is 52.7. The van der Waals surface area contributed by atoms with Gasteiger partial charge in [0.15, 0.2) is 12.4 Å². The maximum absolute atomic E-state index is 12.9. The van der Waals surface area contributed by atoms with E-state index in [0.29, 0.717) is 17.4 Å². The number of carbonyl (C=O) groups is 3. The van der Waals surface area contributed by atoms with Crippen molar-refractivity contribution in [1.29, 1.82) is 0 Å². The van der Waals surface area contributed by atoms with E-state index in [-0.39, 0.29) is 38.6 Å². The number of unbranched alkanes of at least 4 members (excludes halogenated alkanes) is 36. The Kier molecular flexibility index (Phi) is 52.9. The molecule has 0 radical (unpaired) electrons. The minimum absolute atomic E-state index is 0.148.